The Morgan fingerprint density at radius 2 is 1.93 bits per heavy atom. The summed E-state index contributed by atoms with van der Waals surface area (Å²) >= 11 is 0. The summed E-state index contributed by atoms with van der Waals surface area (Å²) in [6.45, 7) is 4.24. The summed E-state index contributed by atoms with van der Waals surface area (Å²) in [6.07, 6.45) is 2.97. The van der Waals surface area contributed by atoms with Crippen molar-refractivity contribution in [1.29, 1.82) is 0 Å². The van der Waals surface area contributed by atoms with E-state index >= 15 is 0 Å². The minimum absolute atomic E-state index is 0.0241. The summed E-state index contributed by atoms with van der Waals surface area (Å²) < 4.78 is 10.8. The molecule has 0 amide bonds. The van der Waals surface area contributed by atoms with Gasteiger partial charge in [0.25, 0.3) is 0 Å². The zero-order valence-corrected chi connectivity index (χ0v) is 16.0. The number of allylic oxidation sites excluding steroid dienone is 1. The quantitative estimate of drug-likeness (QED) is 0.628. The normalized spacial score (nSPS) is 16.2. The van der Waals surface area contributed by atoms with Gasteiger partial charge in [-0.05, 0) is 35.9 Å². The Morgan fingerprint density at radius 3 is 2.61 bits per heavy atom. The second-order valence-corrected chi connectivity index (χ2v) is 7.25. The van der Waals surface area contributed by atoms with Crippen LogP contribution in [0.4, 0.5) is 5.69 Å². The van der Waals surface area contributed by atoms with Crippen LogP contribution >= 0.6 is 0 Å². The first-order valence-corrected chi connectivity index (χ1v) is 9.04. The topological polar surface area (TPSA) is 68.5 Å². The Bertz CT molecular complexity index is 1020. The molecular formula is C22H21N3O3. The van der Waals surface area contributed by atoms with Crippen LogP contribution in [0.15, 0.2) is 71.1 Å². The van der Waals surface area contributed by atoms with Crippen molar-refractivity contribution in [1.82, 2.24) is 10.2 Å². The van der Waals surface area contributed by atoms with Gasteiger partial charge in [0.2, 0.25) is 12.3 Å². The molecule has 0 bridgehead atoms. The first kappa shape index (κ1) is 18.0. The number of ether oxygens (including phenoxy) is 1. The minimum atomic E-state index is -0.229. The largest absolute Gasteiger partial charge is 0.485 e. The molecule has 0 radical (unpaired) electrons. The van der Waals surface area contributed by atoms with Crippen LogP contribution in [-0.4, -0.2) is 29.6 Å². The summed E-state index contributed by atoms with van der Waals surface area (Å²) in [7, 11) is 1.99. The van der Waals surface area contributed by atoms with E-state index in [1.807, 2.05) is 31.3 Å². The predicted molar refractivity (Wildman–Crippen MR) is 106 cm³/mol. The van der Waals surface area contributed by atoms with Crippen LogP contribution < -0.4 is 9.64 Å². The Hall–Kier alpha value is -3.41. The van der Waals surface area contributed by atoms with Gasteiger partial charge in [-0.2, -0.15) is 0 Å². The molecule has 0 N–H and O–H groups in total. The van der Waals surface area contributed by atoms with Crippen molar-refractivity contribution < 1.29 is 13.9 Å². The van der Waals surface area contributed by atoms with E-state index in [0.717, 1.165) is 16.9 Å². The number of para-hydroxylation sites is 1. The smallest absolute Gasteiger partial charge is 0.247 e. The number of likely N-dealkylation sites (N-methyl/N-ethyl adjacent to an activating group) is 1. The van der Waals surface area contributed by atoms with Gasteiger partial charge in [-0.3, -0.25) is 4.79 Å². The highest BCUT2D eigenvalue weighted by Gasteiger charge is 2.38. The van der Waals surface area contributed by atoms with Crippen LogP contribution in [-0.2, 0) is 10.2 Å². The molecule has 0 unspecified atom stereocenters. The highest BCUT2D eigenvalue weighted by Crippen LogP contribution is 2.46. The van der Waals surface area contributed by atoms with Gasteiger partial charge in [-0.1, -0.05) is 32.0 Å². The SMILES string of the molecule is CN1C(=CC(=O)COc2ccc(-c3nnco3)cc2)C(C)(C)c2ccccc21. The molecule has 1 aliphatic heterocycles. The van der Waals surface area contributed by atoms with Crippen LogP contribution in [0, 0.1) is 0 Å². The average Bonchev–Trinajstić information content (AvgIpc) is 3.30. The van der Waals surface area contributed by atoms with Gasteiger partial charge in [0.15, 0.2) is 12.4 Å². The monoisotopic (exact) mass is 375 g/mol. The first-order valence-electron chi connectivity index (χ1n) is 9.04. The molecule has 0 fully saturated rings. The number of nitrogens with zero attached hydrogens (tertiary/aromatic N) is 3. The van der Waals surface area contributed by atoms with Gasteiger partial charge < -0.3 is 14.1 Å². The summed E-state index contributed by atoms with van der Waals surface area (Å²) in [5.41, 5.74) is 3.88. The van der Waals surface area contributed by atoms with Crippen LogP contribution in [0.5, 0.6) is 5.75 Å². The zero-order valence-electron chi connectivity index (χ0n) is 16.0. The molecule has 0 saturated carbocycles. The van der Waals surface area contributed by atoms with E-state index in [4.69, 9.17) is 9.15 Å². The van der Waals surface area contributed by atoms with Gasteiger partial charge in [-0.25, -0.2) is 0 Å². The van der Waals surface area contributed by atoms with E-state index < -0.39 is 0 Å². The highest BCUT2D eigenvalue weighted by atomic mass is 16.5. The molecule has 0 saturated heterocycles. The number of carbonyl (C=O) groups excluding carboxylic acids is 1. The van der Waals surface area contributed by atoms with E-state index in [2.05, 4.69) is 41.1 Å². The molecule has 1 aliphatic rings. The van der Waals surface area contributed by atoms with Crippen molar-refractivity contribution in [3.8, 4) is 17.2 Å². The zero-order chi connectivity index (χ0) is 19.7. The summed E-state index contributed by atoms with van der Waals surface area (Å²) in [4.78, 5) is 14.6. The summed E-state index contributed by atoms with van der Waals surface area (Å²) in [5.74, 6) is 0.972. The van der Waals surface area contributed by atoms with Crippen molar-refractivity contribution in [3.05, 3.63) is 72.3 Å². The van der Waals surface area contributed by atoms with E-state index in [1.165, 1.54) is 12.0 Å². The third-order valence-corrected chi connectivity index (χ3v) is 5.08. The molecule has 2 heterocycles. The third kappa shape index (κ3) is 3.17. The number of carbonyl (C=O) groups is 1. The van der Waals surface area contributed by atoms with Gasteiger partial charge in [-0.15, -0.1) is 10.2 Å². The fourth-order valence-corrected chi connectivity index (χ4v) is 3.60. The van der Waals surface area contributed by atoms with Crippen molar-refractivity contribution in [3.63, 3.8) is 0 Å². The van der Waals surface area contributed by atoms with Crippen molar-refractivity contribution in [2.24, 2.45) is 0 Å². The summed E-state index contributed by atoms with van der Waals surface area (Å²) in [5, 5.41) is 7.52. The van der Waals surface area contributed by atoms with Crippen LogP contribution in [0.2, 0.25) is 0 Å². The van der Waals surface area contributed by atoms with Crippen LogP contribution in [0.1, 0.15) is 19.4 Å². The summed E-state index contributed by atoms with van der Waals surface area (Å²) in [6, 6.07) is 15.4. The van der Waals surface area contributed by atoms with Crippen molar-refractivity contribution >= 4 is 11.5 Å². The van der Waals surface area contributed by atoms with E-state index in [9.17, 15) is 4.79 Å². The molecule has 2 aromatic carbocycles. The molecular weight excluding hydrogens is 354 g/mol. The van der Waals surface area contributed by atoms with Crippen molar-refractivity contribution in [2.75, 3.05) is 18.6 Å². The third-order valence-electron chi connectivity index (χ3n) is 5.08. The number of aromatic nitrogens is 2. The van der Waals surface area contributed by atoms with Gasteiger partial charge >= 0.3 is 0 Å². The lowest BCUT2D eigenvalue weighted by atomic mass is 9.83. The number of hydrogen-bond donors (Lipinski definition) is 0. The molecule has 4 rings (SSSR count). The lowest BCUT2D eigenvalue weighted by Gasteiger charge is -2.23. The number of rotatable bonds is 5. The molecule has 142 valence electrons. The second kappa shape index (κ2) is 6.96. The lowest BCUT2D eigenvalue weighted by molar-refractivity contribution is -0.116. The Balaban J connectivity index is 1.45. The van der Waals surface area contributed by atoms with Crippen LogP contribution in [0.3, 0.4) is 0 Å². The molecule has 6 heteroatoms. The maximum absolute atomic E-state index is 12.5. The molecule has 6 nitrogen and oxygen atoms in total. The molecule has 0 spiro atoms. The fraction of sp³-hybridized carbons (Fsp3) is 0.227. The Kier molecular flexibility index (Phi) is 4.47. The van der Waals surface area contributed by atoms with E-state index in [1.54, 1.807) is 18.2 Å². The minimum Gasteiger partial charge on any atom is -0.485 e. The average molecular weight is 375 g/mol. The maximum atomic E-state index is 12.5. The van der Waals surface area contributed by atoms with E-state index in [-0.39, 0.29) is 17.8 Å². The standard InChI is InChI=1S/C22H21N3O3/c1-22(2)18-6-4-5-7-19(18)25(3)20(22)12-16(26)13-27-17-10-8-15(9-11-17)21-24-23-14-28-21/h4-12,14H,13H2,1-3H3. The van der Waals surface area contributed by atoms with Crippen molar-refractivity contribution in [2.45, 2.75) is 19.3 Å². The van der Waals surface area contributed by atoms with Gasteiger partial charge in [0.1, 0.15) is 5.75 Å². The number of ketones is 1. The Morgan fingerprint density at radius 1 is 1.18 bits per heavy atom. The first-order chi connectivity index (χ1) is 13.5. The molecule has 1 aromatic heterocycles. The number of hydrogen-bond acceptors (Lipinski definition) is 6. The fourth-order valence-electron chi connectivity index (χ4n) is 3.60. The number of anilines is 1. The van der Waals surface area contributed by atoms with E-state index in [0.29, 0.717) is 11.6 Å². The lowest BCUT2D eigenvalue weighted by Crippen LogP contribution is -2.25. The second-order valence-electron chi connectivity index (χ2n) is 7.25. The van der Waals surface area contributed by atoms with Crippen LogP contribution in [0.25, 0.3) is 11.5 Å². The molecule has 28 heavy (non-hydrogen) atoms. The highest BCUT2D eigenvalue weighted by molar-refractivity contribution is 5.93. The predicted octanol–water partition coefficient (Wildman–Crippen LogP) is 4.00. The molecule has 3 aromatic rings. The molecule has 0 aliphatic carbocycles. The number of benzene rings is 2. The maximum Gasteiger partial charge on any atom is 0.247 e. The van der Waals surface area contributed by atoms with Gasteiger partial charge in [0.05, 0.1) is 0 Å². The Labute approximate surface area is 163 Å². The number of fused-ring (bicyclic) bond motifs is 1. The molecule has 0 atom stereocenters. The van der Waals surface area contributed by atoms with Gasteiger partial charge in [0, 0.05) is 35.5 Å².